The maximum Gasteiger partial charge on any atom is 0.307 e. The van der Waals surface area contributed by atoms with E-state index in [4.69, 9.17) is 4.74 Å². The summed E-state index contributed by atoms with van der Waals surface area (Å²) in [5.41, 5.74) is 1.05. The second-order valence-electron chi connectivity index (χ2n) is 7.04. The van der Waals surface area contributed by atoms with Crippen LogP contribution in [0.4, 0.5) is 5.69 Å². The lowest BCUT2D eigenvalue weighted by atomic mass is 10.1. The first-order valence-corrected chi connectivity index (χ1v) is 10.3. The SMILES string of the molecule is CCCCOC(=O)CC1C(=O)NCCN1CC(=O)Nc1ccc(C(=O)NCC)cc1. The Balaban J connectivity index is 1.92. The van der Waals surface area contributed by atoms with Crippen molar-refractivity contribution in [2.75, 3.05) is 38.1 Å². The number of hydrogen-bond donors (Lipinski definition) is 3. The number of piperazine rings is 1. The second-order valence-corrected chi connectivity index (χ2v) is 7.04. The summed E-state index contributed by atoms with van der Waals surface area (Å²) in [6.45, 7) is 5.54. The van der Waals surface area contributed by atoms with Gasteiger partial charge in [0, 0.05) is 30.9 Å². The normalized spacial score (nSPS) is 16.5. The number of nitrogens with one attached hydrogen (secondary N) is 3. The lowest BCUT2D eigenvalue weighted by Crippen LogP contribution is -2.57. The van der Waals surface area contributed by atoms with Crippen LogP contribution in [0, 0.1) is 0 Å². The van der Waals surface area contributed by atoms with Gasteiger partial charge in [-0.3, -0.25) is 24.1 Å². The zero-order chi connectivity index (χ0) is 21.9. The predicted molar refractivity (Wildman–Crippen MR) is 112 cm³/mol. The molecular weight excluding hydrogens is 388 g/mol. The average molecular weight is 418 g/mol. The van der Waals surface area contributed by atoms with Gasteiger partial charge in [-0.25, -0.2) is 0 Å². The van der Waals surface area contributed by atoms with Gasteiger partial charge in [0.25, 0.3) is 5.91 Å². The van der Waals surface area contributed by atoms with Crippen LogP contribution in [0.3, 0.4) is 0 Å². The molecule has 3 amide bonds. The summed E-state index contributed by atoms with van der Waals surface area (Å²) < 4.78 is 5.15. The maximum absolute atomic E-state index is 12.5. The molecule has 1 atom stereocenters. The van der Waals surface area contributed by atoms with Gasteiger partial charge in [-0.2, -0.15) is 0 Å². The lowest BCUT2D eigenvalue weighted by Gasteiger charge is -2.33. The molecule has 1 unspecified atom stereocenters. The molecule has 1 aromatic rings. The Morgan fingerprint density at radius 1 is 1.20 bits per heavy atom. The highest BCUT2D eigenvalue weighted by molar-refractivity contribution is 5.96. The molecule has 1 heterocycles. The van der Waals surface area contributed by atoms with Crippen molar-refractivity contribution in [3.8, 4) is 0 Å². The van der Waals surface area contributed by atoms with Crippen molar-refractivity contribution < 1.29 is 23.9 Å². The van der Waals surface area contributed by atoms with Crippen LogP contribution in [0.1, 0.15) is 43.5 Å². The molecule has 0 bridgehead atoms. The van der Waals surface area contributed by atoms with Crippen LogP contribution in [0.25, 0.3) is 0 Å². The minimum atomic E-state index is -0.737. The summed E-state index contributed by atoms with van der Waals surface area (Å²) in [7, 11) is 0. The standard InChI is InChI=1S/C21H30N4O5/c1-3-5-12-30-19(27)13-17-21(29)23-10-11-25(17)14-18(26)24-16-8-6-15(7-9-16)20(28)22-4-2/h6-9,17H,3-5,10-14H2,1-2H3,(H,22,28)(H,23,29)(H,24,26). The Morgan fingerprint density at radius 3 is 2.60 bits per heavy atom. The van der Waals surface area contributed by atoms with Crippen LogP contribution in [0.5, 0.6) is 0 Å². The van der Waals surface area contributed by atoms with Gasteiger partial charge < -0.3 is 20.7 Å². The fourth-order valence-electron chi connectivity index (χ4n) is 3.07. The van der Waals surface area contributed by atoms with E-state index in [9.17, 15) is 19.2 Å². The summed E-state index contributed by atoms with van der Waals surface area (Å²) >= 11 is 0. The van der Waals surface area contributed by atoms with Crippen LogP contribution in [0.15, 0.2) is 24.3 Å². The number of amides is 3. The second kappa shape index (κ2) is 11.9. The topological polar surface area (TPSA) is 117 Å². The molecule has 1 aliphatic rings. The third-order valence-electron chi connectivity index (χ3n) is 4.68. The summed E-state index contributed by atoms with van der Waals surface area (Å²) in [5, 5.41) is 8.19. The molecule has 30 heavy (non-hydrogen) atoms. The molecule has 1 aliphatic heterocycles. The number of rotatable bonds is 10. The minimum absolute atomic E-state index is 0.0294. The van der Waals surface area contributed by atoms with Crippen LogP contribution in [-0.4, -0.2) is 67.4 Å². The van der Waals surface area contributed by atoms with Gasteiger partial charge >= 0.3 is 5.97 Å². The van der Waals surface area contributed by atoms with Gasteiger partial charge in [-0.1, -0.05) is 13.3 Å². The van der Waals surface area contributed by atoms with E-state index in [1.807, 2.05) is 13.8 Å². The van der Waals surface area contributed by atoms with Crippen molar-refractivity contribution in [1.82, 2.24) is 15.5 Å². The number of nitrogens with zero attached hydrogens (tertiary/aromatic N) is 1. The highest BCUT2D eigenvalue weighted by Gasteiger charge is 2.33. The van der Waals surface area contributed by atoms with E-state index in [1.165, 1.54) is 0 Å². The Hall–Kier alpha value is -2.94. The molecule has 0 spiro atoms. The molecule has 9 nitrogen and oxygen atoms in total. The van der Waals surface area contributed by atoms with Crippen molar-refractivity contribution in [2.45, 2.75) is 39.2 Å². The van der Waals surface area contributed by atoms with Gasteiger partial charge in [0.15, 0.2) is 0 Å². The van der Waals surface area contributed by atoms with Crippen LogP contribution >= 0.6 is 0 Å². The van der Waals surface area contributed by atoms with Crippen molar-refractivity contribution in [1.29, 1.82) is 0 Å². The fourth-order valence-corrected chi connectivity index (χ4v) is 3.07. The van der Waals surface area contributed by atoms with Gasteiger partial charge in [-0.05, 0) is 37.6 Å². The first-order valence-electron chi connectivity index (χ1n) is 10.3. The van der Waals surface area contributed by atoms with Gasteiger partial charge in [-0.15, -0.1) is 0 Å². The van der Waals surface area contributed by atoms with Crippen molar-refractivity contribution >= 4 is 29.4 Å². The molecule has 3 N–H and O–H groups in total. The zero-order valence-electron chi connectivity index (χ0n) is 17.5. The summed E-state index contributed by atoms with van der Waals surface area (Å²) in [6.07, 6.45) is 1.59. The molecule has 0 aromatic heterocycles. The van der Waals surface area contributed by atoms with E-state index >= 15 is 0 Å². The van der Waals surface area contributed by atoms with E-state index in [0.29, 0.717) is 37.5 Å². The Kier molecular flexibility index (Phi) is 9.27. The van der Waals surface area contributed by atoms with E-state index in [1.54, 1.807) is 29.2 Å². The number of carbonyl (C=O) groups is 4. The molecule has 1 fully saturated rings. The van der Waals surface area contributed by atoms with Crippen LogP contribution in [-0.2, 0) is 19.1 Å². The van der Waals surface area contributed by atoms with Crippen molar-refractivity contribution in [2.24, 2.45) is 0 Å². The van der Waals surface area contributed by atoms with Crippen molar-refractivity contribution in [3.05, 3.63) is 29.8 Å². The van der Waals surface area contributed by atoms with E-state index in [-0.39, 0.29) is 30.7 Å². The molecule has 0 saturated carbocycles. The highest BCUT2D eigenvalue weighted by Crippen LogP contribution is 2.13. The molecule has 2 rings (SSSR count). The Morgan fingerprint density at radius 2 is 1.93 bits per heavy atom. The number of esters is 1. The van der Waals surface area contributed by atoms with Gasteiger partial charge in [0.2, 0.25) is 11.8 Å². The Bertz CT molecular complexity index is 750. The molecule has 164 valence electrons. The number of anilines is 1. The predicted octanol–water partition coefficient (Wildman–Crippen LogP) is 0.909. The van der Waals surface area contributed by atoms with Crippen molar-refractivity contribution in [3.63, 3.8) is 0 Å². The third kappa shape index (κ3) is 7.14. The van der Waals surface area contributed by atoms with Gasteiger partial charge in [0.05, 0.1) is 19.6 Å². The number of hydrogen-bond acceptors (Lipinski definition) is 6. The number of benzene rings is 1. The molecule has 0 radical (unpaired) electrons. The van der Waals surface area contributed by atoms with Gasteiger partial charge in [0.1, 0.15) is 6.04 Å². The number of ether oxygens (including phenoxy) is 1. The molecule has 9 heteroatoms. The lowest BCUT2D eigenvalue weighted by molar-refractivity contribution is -0.149. The number of carbonyl (C=O) groups excluding carboxylic acids is 4. The monoisotopic (exact) mass is 418 g/mol. The number of unbranched alkanes of at least 4 members (excludes halogenated alkanes) is 1. The first kappa shape index (κ1) is 23.3. The quantitative estimate of drug-likeness (QED) is 0.384. The third-order valence-corrected chi connectivity index (χ3v) is 4.68. The Labute approximate surface area is 176 Å². The smallest absolute Gasteiger partial charge is 0.307 e. The first-order chi connectivity index (χ1) is 14.4. The zero-order valence-corrected chi connectivity index (χ0v) is 17.5. The molecule has 1 aromatic carbocycles. The minimum Gasteiger partial charge on any atom is -0.466 e. The molecule has 0 aliphatic carbocycles. The summed E-state index contributed by atoms with van der Waals surface area (Å²) in [5.74, 6) is -1.21. The molecule has 1 saturated heterocycles. The summed E-state index contributed by atoms with van der Waals surface area (Å²) in [4.78, 5) is 50.2. The van der Waals surface area contributed by atoms with E-state index in [0.717, 1.165) is 12.8 Å². The van der Waals surface area contributed by atoms with Crippen LogP contribution < -0.4 is 16.0 Å². The van der Waals surface area contributed by atoms with Crippen LogP contribution in [0.2, 0.25) is 0 Å². The molecular formula is C21H30N4O5. The fraction of sp³-hybridized carbons (Fsp3) is 0.524. The largest absolute Gasteiger partial charge is 0.466 e. The summed E-state index contributed by atoms with van der Waals surface area (Å²) in [6, 6.07) is 5.81. The van der Waals surface area contributed by atoms with E-state index < -0.39 is 12.0 Å². The average Bonchev–Trinajstić information content (AvgIpc) is 2.71. The highest BCUT2D eigenvalue weighted by atomic mass is 16.5. The van der Waals surface area contributed by atoms with E-state index in [2.05, 4.69) is 16.0 Å². The maximum atomic E-state index is 12.5.